The summed E-state index contributed by atoms with van der Waals surface area (Å²) in [4.78, 5) is 12.8. The number of benzene rings is 3. The summed E-state index contributed by atoms with van der Waals surface area (Å²) in [7, 11) is 0. The normalized spacial score (nSPS) is 10.3. The van der Waals surface area contributed by atoms with E-state index in [0.29, 0.717) is 30.3 Å². The van der Waals surface area contributed by atoms with Crippen LogP contribution in [0.2, 0.25) is 0 Å². The van der Waals surface area contributed by atoms with Crippen LogP contribution < -0.4 is 20.1 Å². The highest BCUT2D eigenvalue weighted by molar-refractivity contribution is 7.80. The topological polar surface area (TPSA) is 59.6 Å². The van der Waals surface area contributed by atoms with Gasteiger partial charge in [0.15, 0.2) is 5.11 Å². The molecule has 0 atom stereocenters. The van der Waals surface area contributed by atoms with E-state index < -0.39 is 0 Å². The molecule has 0 aromatic heterocycles. The van der Waals surface area contributed by atoms with E-state index in [-0.39, 0.29) is 11.0 Å². The minimum absolute atomic E-state index is 0.206. The molecule has 0 fully saturated rings. The van der Waals surface area contributed by atoms with E-state index in [0.717, 1.165) is 24.1 Å². The SMILES string of the molecule is CCCCCCOc1ccccc1C(=O)NC(=S)Nc1cccc(OCc2ccccc2)c1. The van der Waals surface area contributed by atoms with Gasteiger partial charge in [-0.05, 0) is 48.5 Å². The van der Waals surface area contributed by atoms with Crippen molar-refractivity contribution in [3.05, 3.63) is 90.0 Å². The molecule has 0 radical (unpaired) electrons. The van der Waals surface area contributed by atoms with E-state index in [2.05, 4.69) is 17.6 Å². The Hall–Kier alpha value is -3.38. The fourth-order valence-electron chi connectivity index (χ4n) is 3.23. The van der Waals surface area contributed by atoms with Gasteiger partial charge in [0.25, 0.3) is 5.91 Å². The number of carbonyl (C=O) groups excluding carboxylic acids is 1. The number of para-hydroxylation sites is 1. The molecule has 3 rings (SSSR count). The zero-order chi connectivity index (χ0) is 23.3. The summed E-state index contributed by atoms with van der Waals surface area (Å²) in [5.74, 6) is 0.957. The molecule has 0 spiro atoms. The largest absolute Gasteiger partial charge is 0.493 e. The van der Waals surface area contributed by atoms with Gasteiger partial charge in [0, 0.05) is 11.8 Å². The van der Waals surface area contributed by atoms with Gasteiger partial charge in [-0.15, -0.1) is 0 Å². The first kappa shape index (κ1) is 24.3. The fourth-order valence-corrected chi connectivity index (χ4v) is 3.44. The lowest BCUT2D eigenvalue weighted by atomic mass is 10.2. The minimum atomic E-state index is -0.312. The van der Waals surface area contributed by atoms with Crippen molar-refractivity contribution in [2.45, 2.75) is 39.2 Å². The third kappa shape index (κ3) is 8.24. The maximum absolute atomic E-state index is 12.8. The molecule has 0 aliphatic rings. The third-order valence-corrected chi connectivity index (χ3v) is 5.16. The lowest BCUT2D eigenvalue weighted by molar-refractivity contribution is 0.0973. The number of carbonyl (C=O) groups is 1. The summed E-state index contributed by atoms with van der Waals surface area (Å²) in [6.45, 7) is 3.23. The molecule has 0 aliphatic carbocycles. The Morgan fingerprint density at radius 3 is 2.48 bits per heavy atom. The summed E-state index contributed by atoms with van der Waals surface area (Å²) in [6, 6.07) is 24.6. The van der Waals surface area contributed by atoms with Crippen molar-refractivity contribution < 1.29 is 14.3 Å². The highest BCUT2D eigenvalue weighted by atomic mass is 32.1. The van der Waals surface area contributed by atoms with Crippen LogP contribution in [-0.4, -0.2) is 17.6 Å². The highest BCUT2D eigenvalue weighted by Crippen LogP contribution is 2.20. The van der Waals surface area contributed by atoms with Crippen molar-refractivity contribution >= 4 is 28.9 Å². The molecular weight excluding hydrogens is 432 g/mol. The first-order chi connectivity index (χ1) is 16.2. The molecule has 172 valence electrons. The van der Waals surface area contributed by atoms with Crippen LogP contribution in [0.25, 0.3) is 0 Å². The second-order valence-corrected chi connectivity index (χ2v) is 8.02. The van der Waals surface area contributed by atoms with Crippen LogP contribution in [0.3, 0.4) is 0 Å². The Morgan fingerprint density at radius 2 is 1.67 bits per heavy atom. The van der Waals surface area contributed by atoms with Gasteiger partial charge in [0.2, 0.25) is 0 Å². The lowest BCUT2D eigenvalue weighted by Crippen LogP contribution is -2.34. The van der Waals surface area contributed by atoms with Crippen molar-refractivity contribution in [1.29, 1.82) is 0 Å². The van der Waals surface area contributed by atoms with Gasteiger partial charge < -0.3 is 14.8 Å². The maximum Gasteiger partial charge on any atom is 0.261 e. The van der Waals surface area contributed by atoms with Crippen molar-refractivity contribution in [1.82, 2.24) is 5.32 Å². The average molecular weight is 463 g/mol. The summed E-state index contributed by atoms with van der Waals surface area (Å²) in [5.41, 5.74) is 2.27. The number of unbranched alkanes of at least 4 members (excludes halogenated alkanes) is 3. The molecule has 0 aliphatic heterocycles. The Morgan fingerprint density at radius 1 is 0.879 bits per heavy atom. The molecular formula is C27H30N2O3S. The number of thiocarbonyl (C=S) groups is 1. The van der Waals surface area contributed by atoms with Crippen LogP contribution in [0.1, 0.15) is 48.5 Å². The van der Waals surface area contributed by atoms with E-state index in [9.17, 15) is 4.79 Å². The number of hydrogen-bond donors (Lipinski definition) is 2. The predicted molar refractivity (Wildman–Crippen MR) is 137 cm³/mol. The summed E-state index contributed by atoms with van der Waals surface area (Å²) in [6.07, 6.45) is 4.44. The monoisotopic (exact) mass is 462 g/mol. The molecule has 2 N–H and O–H groups in total. The Kier molecular flexibility index (Phi) is 9.73. The van der Waals surface area contributed by atoms with Crippen molar-refractivity contribution in [3.8, 4) is 11.5 Å². The number of ether oxygens (including phenoxy) is 2. The third-order valence-electron chi connectivity index (χ3n) is 4.95. The molecule has 3 aromatic rings. The molecule has 0 saturated carbocycles. The van der Waals surface area contributed by atoms with E-state index in [4.69, 9.17) is 21.7 Å². The lowest BCUT2D eigenvalue weighted by Gasteiger charge is -2.14. The first-order valence-corrected chi connectivity index (χ1v) is 11.7. The standard InChI is InChI=1S/C27H30N2O3S/c1-2-3-4-10-18-31-25-17-9-8-16-24(25)26(30)29-27(33)28-22-14-11-15-23(19-22)32-20-21-12-6-5-7-13-21/h5-9,11-17,19H,2-4,10,18,20H2,1H3,(H2,28,29,30,33). The zero-order valence-electron chi connectivity index (χ0n) is 18.9. The van der Waals surface area contributed by atoms with Crippen molar-refractivity contribution in [2.75, 3.05) is 11.9 Å². The van der Waals surface area contributed by atoms with Gasteiger partial charge in [-0.2, -0.15) is 0 Å². The Labute approximate surface area is 201 Å². The minimum Gasteiger partial charge on any atom is -0.493 e. The number of anilines is 1. The van der Waals surface area contributed by atoms with Crippen LogP contribution in [0.4, 0.5) is 5.69 Å². The van der Waals surface area contributed by atoms with Crippen LogP contribution in [-0.2, 0) is 6.61 Å². The quantitative estimate of drug-likeness (QED) is 0.257. The molecule has 5 nitrogen and oxygen atoms in total. The summed E-state index contributed by atoms with van der Waals surface area (Å²) >= 11 is 5.35. The Balaban J connectivity index is 1.53. The molecule has 1 amide bonds. The highest BCUT2D eigenvalue weighted by Gasteiger charge is 2.14. The van der Waals surface area contributed by atoms with Crippen molar-refractivity contribution in [3.63, 3.8) is 0 Å². The first-order valence-electron chi connectivity index (χ1n) is 11.3. The summed E-state index contributed by atoms with van der Waals surface area (Å²) in [5, 5.41) is 5.99. The van der Waals surface area contributed by atoms with Gasteiger partial charge >= 0.3 is 0 Å². The molecule has 0 bridgehead atoms. The van der Waals surface area contributed by atoms with E-state index >= 15 is 0 Å². The summed E-state index contributed by atoms with van der Waals surface area (Å²) < 4.78 is 11.7. The average Bonchev–Trinajstić information content (AvgIpc) is 2.83. The molecule has 3 aromatic carbocycles. The van der Waals surface area contributed by atoms with Crippen LogP contribution >= 0.6 is 12.2 Å². The maximum atomic E-state index is 12.8. The van der Waals surface area contributed by atoms with Gasteiger partial charge in [-0.25, -0.2) is 0 Å². The number of rotatable bonds is 11. The van der Waals surface area contributed by atoms with Gasteiger partial charge in [-0.3, -0.25) is 10.1 Å². The Bertz CT molecular complexity index is 1040. The molecule has 0 heterocycles. The van der Waals surface area contributed by atoms with E-state index in [1.165, 1.54) is 12.8 Å². The second kappa shape index (κ2) is 13.2. The van der Waals surface area contributed by atoms with Gasteiger partial charge in [0.1, 0.15) is 18.1 Å². The van der Waals surface area contributed by atoms with Gasteiger partial charge in [0.05, 0.1) is 12.2 Å². The second-order valence-electron chi connectivity index (χ2n) is 7.62. The van der Waals surface area contributed by atoms with Crippen LogP contribution in [0, 0.1) is 0 Å². The fraction of sp³-hybridized carbons (Fsp3) is 0.259. The smallest absolute Gasteiger partial charge is 0.261 e. The predicted octanol–water partition coefficient (Wildman–Crippen LogP) is 6.35. The number of nitrogens with one attached hydrogen (secondary N) is 2. The zero-order valence-corrected chi connectivity index (χ0v) is 19.7. The molecule has 0 unspecified atom stereocenters. The van der Waals surface area contributed by atoms with Crippen molar-refractivity contribution in [2.24, 2.45) is 0 Å². The molecule has 6 heteroatoms. The molecule has 33 heavy (non-hydrogen) atoms. The van der Waals surface area contributed by atoms with E-state index in [1.807, 2.05) is 66.7 Å². The number of amides is 1. The van der Waals surface area contributed by atoms with Crippen LogP contribution in [0.5, 0.6) is 11.5 Å². The molecule has 0 saturated heterocycles. The van der Waals surface area contributed by atoms with E-state index in [1.54, 1.807) is 12.1 Å². The van der Waals surface area contributed by atoms with Crippen LogP contribution in [0.15, 0.2) is 78.9 Å². The van der Waals surface area contributed by atoms with Gasteiger partial charge in [-0.1, -0.05) is 74.7 Å². The number of hydrogen-bond acceptors (Lipinski definition) is 4.